The summed E-state index contributed by atoms with van der Waals surface area (Å²) in [4.78, 5) is 25.7. The lowest BCUT2D eigenvalue weighted by Crippen LogP contribution is -2.41. The summed E-state index contributed by atoms with van der Waals surface area (Å²) in [6.07, 6.45) is 2.02. The number of hydrogen-bond acceptors (Lipinski definition) is 6. The van der Waals surface area contributed by atoms with E-state index in [9.17, 15) is 18.0 Å². The fourth-order valence-corrected chi connectivity index (χ4v) is 4.41. The van der Waals surface area contributed by atoms with Crippen LogP contribution in [-0.2, 0) is 24.2 Å². The molecule has 26 heavy (non-hydrogen) atoms. The number of benzene rings is 1. The molecule has 1 saturated heterocycles. The molecule has 7 nitrogen and oxygen atoms in total. The van der Waals surface area contributed by atoms with Crippen LogP contribution in [0.1, 0.15) is 25.7 Å². The maximum absolute atomic E-state index is 12.2. The second-order valence-electron chi connectivity index (χ2n) is 6.52. The normalized spacial score (nSPS) is 20.7. The molecule has 2 atom stereocenters. The summed E-state index contributed by atoms with van der Waals surface area (Å²) in [6.45, 7) is 0.443. The number of likely N-dealkylation sites (tertiary alicyclic amines) is 1. The minimum Gasteiger partial charge on any atom is -0.469 e. The molecule has 0 aromatic heterocycles. The fourth-order valence-electron chi connectivity index (χ4n) is 3.15. The van der Waals surface area contributed by atoms with Crippen molar-refractivity contribution >= 4 is 21.7 Å². The first-order valence-electron chi connectivity index (χ1n) is 8.66. The number of ether oxygens (including phenoxy) is 1. The molecular weight excluding hydrogens is 356 g/mol. The van der Waals surface area contributed by atoms with Gasteiger partial charge in [-0.25, -0.2) is 8.42 Å². The SMILES string of the molecule is COC(=O)C[C@H]1CC[C@@H](CNC(=O)CCS(=O)(=O)c2ccccc2)N1C. The molecule has 0 bridgehead atoms. The molecule has 8 heteroatoms. The summed E-state index contributed by atoms with van der Waals surface area (Å²) in [5.74, 6) is -0.735. The van der Waals surface area contributed by atoms with Gasteiger partial charge in [-0.1, -0.05) is 18.2 Å². The molecule has 0 unspecified atom stereocenters. The van der Waals surface area contributed by atoms with E-state index in [0.717, 1.165) is 12.8 Å². The van der Waals surface area contributed by atoms with Gasteiger partial charge in [-0.2, -0.15) is 0 Å². The molecule has 0 radical (unpaired) electrons. The average molecular weight is 382 g/mol. The van der Waals surface area contributed by atoms with Crippen molar-refractivity contribution in [2.45, 2.75) is 42.7 Å². The quantitative estimate of drug-likeness (QED) is 0.674. The van der Waals surface area contributed by atoms with Crippen molar-refractivity contribution in [3.63, 3.8) is 0 Å². The summed E-state index contributed by atoms with van der Waals surface area (Å²) in [5, 5.41) is 2.81. The highest BCUT2D eigenvalue weighted by Gasteiger charge is 2.32. The van der Waals surface area contributed by atoms with Gasteiger partial charge >= 0.3 is 5.97 Å². The zero-order valence-corrected chi connectivity index (χ0v) is 16.0. The number of sulfone groups is 1. The fraction of sp³-hybridized carbons (Fsp3) is 0.556. The highest BCUT2D eigenvalue weighted by molar-refractivity contribution is 7.91. The summed E-state index contributed by atoms with van der Waals surface area (Å²) in [7, 11) is -0.150. The van der Waals surface area contributed by atoms with Crippen LogP contribution in [0, 0.1) is 0 Å². The topological polar surface area (TPSA) is 92.8 Å². The largest absolute Gasteiger partial charge is 0.469 e. The van der Waals surface area contributed by atoms with E-state index in [4.69, 9.17) is 4.74 Å². The third-order valence-corrected chi connectivity index (χ3v) is 6.58. The second-order valence-corrected chi connectivity index (χ2v) is 8.63. The Hall–Kier alpha value is -1.93. The molecular formula is C18H26N2O5S. The lowest BCUT2D eigenvalue weighted by Gasteiger charge is -2.25. The minimum atomic E-state index is -3.45. The van der Waals surface area contributed by atoms with Crippen molar-refractivity contribution < 1.29 is 22.7 Å². The van der Waals surface area contributed by atoms with Crippen LogP contribution in [0.25, 0.3) is 0 Å². The third kappa shape index (κ3) is 5.54. The van der Waals surface area contributed by atoms with Crippen molar-refractivity contribution in [3.8, 4) is 0 Å². The Bertz CT molecular complexity index is 720. The number of carbonyl (C=O) groups is 2. The molecule has 1 aliphatic heterocycles. The first-order valence-corrected chi connectivity index (χ1v) is 10.3. The number of rotatable bonds is 8. The van der Waals surface area contributed by atoms with Gasteiger partial charge in [0.2, 0.25) is 5.91 Å². The molecule has 0 aliphatic carbocycles. The van der Waals surface area contributed by atoms with E-state index in [-0.39, 0.29) is 41.0 Å². The Balaban J connectivity index is 1.76. The minimum absolute atomic E-state index is 0.0702. The van der Waals surface area contributed by atoms with Gasteiger partial charge in [0.15, 0.2) is 9.84 Å². The molecule has 144 valence electrons. The lowest BCUT2D eigenvalue weighted by atomic mass is 10.1. The van der Waals surface area contributed by atoms with Gasteiger partial charge in [0.05, 0.1) is 24.2 Å². The summed E-state index contributed by atoms with van der Waals surface area (Å²) >= 11 is 0. The number of methoxy groups -OCH3 is 1. The van der Waals surface area contributed by atoms with Gasteiger partial charge in [-0.3, -0.25) is 14.5 Å². The van der Waals surface area contributed by atoms with Crippen LogP contribution < -0.4 is 5.32 Å². The van der Waals surface area contributed by atoms with Crippen molar-refractivity contribution in [2.24, 2.45) is 0 Å². The van der Waals surface area contributed by atoms with E-state index in [0.29, 0.717) is 13.0 Å². The maximum atomic E-state index is 12.2. The smallest absolute Gasteiger partial charge is 0.307 e. The second kappa shape index (κ2) is 9.14. The molecule has 1 aromatic carbocycles. The number of carbonyl (C=O) groups excluding carboxylic acids is 2. The van der Waals surface area contributed by atoms with Crippen molar-refractivity contribution in [2.75, 3.05) is 26.5 Å². The predicted octanol–water partition coefficient (Wildman–Crippen LogP) is 0.992. The van der Waals surface area contributed by atoms with Gasteiger partial charge in [-0.15, -0.1) is 0 Å². The molecule has 1 fully saturated rings. The van der Waals surface area contributed by atoms with Crippen LogP contribution >= 0.6 is 0 Å². The van der Waals surface area contributed by atoms with Gasteiger partial charge in [0.25, 0.3) is 0 Å². The first-order chi connectivity index (χ1) is 12.3. The van der Waals surface area contributed by atoms with Crippen molar-refractivity contribution in [3.05, 3.63) is 30.3 Å². The molecule has 1 aliphatic rings. The average Bonchev–Trinajstić information content (AvgIpc) is 2.98. The van der Waals surface area contributed by atoms with Crippen LogP contribution in [-0.4, -0.2) is 63.7 Å². The molecule has 0 saturated carbocycles. The number of amides is 1. The zero-order valence-electron chi connectivity index (χ0n) is 15.2. The molecule has 1 N–H and O–H groups in total. The van der Waals surface area contributed by atoms with Crippen LogP contribution in [0.15, 0.2) is 35.2 Å². The number of likely N-dealkylation sites (N-methyl/N-ethyl adjacent to an activating group) is 1. The van der Waals surface area contributed by atoms with Crippen LogP contribution in [0.2, 0.25) is 0 Å². The molecule has 1 heterocycles. The summed E-state index contributed by atoms with van der Waals surface area (Å²) < 4.78 is 29.1. The standard InChI is InChI=1S/C18H26N2O5S/c1-20-14(12-18(22)25-2)8-9-15(20)13-19-17(21)10-11-26(23,24)16-6-4-3-5-7-16/h3-7,14-15H,8-13H2,1-2H3,(H,19,21)/t14-,15+/m1/s1. The lowest BCUT2D eigenvalue weighted by molar-refractivity contribution is -0.141. The van der Waals surface area contributed by atoms with Crippen molar-refractivity contribution in [1.29, 1.82) is 0 Å². The monoisotopic (exact) mass is 382 g/mol. The van der Waals surface area contributed by atoms with Crippen LogP contribution in [0.3, 0.4) is 0 Å². The Morgan fingerprint density at radius 2 is 1.85 bits per heavy atom. The van der Waals surface area contributed by atoms with Crippen LogP contribution in [0.4, 0.5) is 0 Å². The third-order valence-electron chi connectivity index (χ3n) is 4.85. The van der Waals surface area contributed by atoms with E-state index in [1.807, 2.05) is 7.05 Å². The van der Waals surface area contributed by atoms with Gasteiger partial charge < -0.3 is 10.1 Å². The summed E-state index contributed by atoms with van der Waals surface area (Å²) in [6, 6.07) is 8.38. The van der Waals surface area contributed by atoms with Crippen LogP contribution in [0.5, 0.6) is 0 Å². The maximum Gasteiger partial charge on any atom is 0.307 e. The van der Waals surface area contributed by atoms with E-state index in [1.165, 1.54) is 19.2 Å². The molecule has 2 rings (SSSR count). The Kier molecular flexibility index (Phi) is 7.16. The van der Waals surface area contributed by atoms with Gasteiger partial charge in [0.1, 0.15) is 0 Å². The number of esters is 1. The number of hydrogen-bond donors (Lipinski definition) is 1. The Labute approximate surface area is 154 Å². The van der Waals surface area contributed by atoms with E-state index in [1.54, 1.807) is 18.2 Å². The Morgan fingerprint density at radius 3 is 2.50 bits per heavy atom. The molecule has 1 aromatic rings. The zero-order chi connectivity index (χ0) is 19.2. The molecule has 0 spiro atoms. The first kappa shape index (κ1) is 20.4. The highest BCUT2D eigenvalue weighted by atomic mass is 32.2. The number of nitrogens with one attached hydrogen (secondary N) is 1. The van der Waals surface area contributed by atoms with E-state index in [2.05, 4.69) is 10.2 Å². The number of nitrogens with zero attached hydrogens (tertiary/aromatic N) is 1. The van der Waals surface area contributed by atoms with Gasteiger partial charge in [0, 0.05) is 25.0 Å². The predicted molar refractivity (Wildman–Crippen MR) is 97.3 cm³/mol. The van der Waals surface area contributed by atoms with E-state index >= 15 is 0 Å². The van der Waals surface area contributed by atoms with E-state index < -0.39 is 9.84 Å². The van der Waals surface area contributed by atoms with Gasteiger partial charge in [-0.05, 0) is 32.0 Å². The highest BCUT2D eigenvalue weighted by Crippen LogP contribution is 2.24. The summed E-state index contributed by atoms with van der Waals surface area (Å²) in [5.41, 5.74) is 0. The molecule has 1 amide bonds. The van der Waals surface area contributed by atoms with Crippen molar-refractivity contribution in [1.82, 2.24) is 10.2 Å². The Morgan fingerprint density at radius 1 is 1.19 bits per heavy atom.